The Kier molecular flexibility index (Phi) is 8.06. The van der Waals surface area contributed by atoms with Gasteiger partial charge in [0.2, 0.25) is 5.91 Å². The highest BCUT2D eigenvalue weighted by atomic mass is 19.4. The van der Waals surface area contributed by atoms with Crippen LogP contribution in [-0.2, 0) is 25.4 Å². The smallest absolute Gasteiger partial charge is 0.418 e. The first-order valence-corrected chi connectivity index (χ1v) is 14.4. The number of aliphatic hydroxyl groups is 2. The van der Waals surface area contributed by atoms with Crippen LogP contribution in [0, 0.1) is 30.6 Å². The number of carbonyl (C=O) groups excluding carboxylic acids is 6. The van der Waals surface area contributed by atoms with Gasteiger partial charge in [-0.2, -0.15) is 13.2 Å². The number of nitrogens with two attached hydrogens (primary N) is 1. The number of nitrogens with zero attached hydrogens (tertiary/aromatic N) is 1. The van der Waals surface area contributed by atoms with Gasteiger partial charge in [0.15, 0.2) is 34.7 Å². The number of halogens is 3. The van der Waals surface area contributed by atoms with Crippen molar-refractivity contribution in [2.75, 3.05) is 24.7 Å². The number of aromatic hydroxyl groups is 1. The van der Waals surface area contributed by atoms with Crippen molar-refractivity contribution >= 4 is 46.4 Å². The number of carbonyl (C=O) groups is 6. The van der Waals surface area contributed by atoms with Gasteiger partial charge in [-0.3, -0.25) is 28.9 Å². The number of likely N-dealkylation sites (N-methyl/N-ethyl adjacent to an activating group) is 1. The number of amides is 3. The maximum atomic E-state index is 14.1. The number of primary amides is 1. The first-order chi connectivity index (χ1) is 21.7. The van der Waals surface area contributed by atoms with Gasteiger partial charge >= 0.3 is 12.2 Å². The van der Waals surface area contributed by atoms with Gasteiger partial charge in [-0.15, -0.1) is 0 Å². The molecule has 0 bridgehead atoms. The zero-order chi connectivity index (χ0) is 35.1. The van der Waals surface area contributed by atoms with Crippen molar-refractivity contribution < 1.29 is 57.3 Å². The fourth-order valence-corrected chi connectivity index (χ4v) is 7.37. The van der Waals surface area contributed by atoms with Gasteiger partial charge in [0.05, 0.1) is 46.5 Å². The third kappa shape index (κ3) is 4.98. The lowest BCUT2D eigenvalue weighted by molar-refractivity contribution is -0.196. The van der Waals surface area contributed by atoms with E-state index in [1.54, 1.807) is 0 Å². The zero-order valence-corrected chi connectivity index (χ0v) is 25.4. The maximum absolute atomic E-state index is 14.1. The van der Waals surface area contributed by atoms with E-state index in [1.807, 2.05) is 0 Å². The molecule has 2 aromatic carbocycles. The number of anilines is 2. The van der Waals surface area contributed by atoms with Crippen molar-refractivity contribution in [3.63, 3.8) is 0 Å². The van der Waals surface area contributed by atoms with Gasteiger partial charge in [-0.05, 0) is 50.7 Å². The summed E-state index contributed by atoms with van der Waals surface area (Å²) in [6, 6.07) is 2.94. The van der Waals surface area contributed by atoms with Crippen LogP contribution in [0.4, 0.5) is 29.3 Å². The van der Waals surface area contributed by atoms with E-state index < -0.39 is 117 Å². The van der Waals surface area contributed by atoms with E-state index in [4.69, 9.17) is 5.73 Å². The molecule has 13 nitrogen and oxygen atoms in total. The minimum absolute atomic E-state index is 0.111. The van der Waals surface area contributed by atoms with E-state index in [0.717, 1.165) is 12.1 Å². The maximum Gasteiger partial charge on any atom is 0.418 e. The number of nitrogens with one attached hydrogen (secondary N) is 2. The molecule has 0 aliphatic heterocycles. The van der Waals surface area contributed by atoms with E-state index in [2.05, 4.69) is 10.6 Å². The highest BCUT2D eigenvalue weighted by Crippen LogP contribution is 2.55. The average molecular weight is 661 g/mol. The van der Waals surface area contributed by atoms with Crippen LogP contribution in [0.15, 0.2) is 30.3 Å². The van der Waals surface area contributed by atoms with E-state index in [-0.39, 0.29) is 11.1 Å². The van der Waals surface area contributed by atoms with Crippen LogP contribution >= 0.6 is 0 Å². The lowest BCUT2D eigenvalue weighted by atomic mass is 9.49. The molecule has 47 heavy (non-hydrogen) atoms. The second-order valence-electron chi connectivity index (χ2n) is 12.4. The number of aliphatic hydroxyl groups excluding tert-OH is 1. The van der Waals surface area contributed by atoms with Crippen molar-refractivity contribution in [2.45, 2.75) is 43.7 Å². The molecule has 0 radical (unpaired) electrons. The number of ketones is 4. The summed E-state index contributed by atoms with van der Waals surface area (Å²) in [6.07, 6.45) is -6.63. The number of hydrogen-bond donors (Lipinski definition) is 6. The fourth-order valence-electron chi connectivity index (χ4n) is 7.37. The number of urea groups is 1. The Morgan fingerprint density at radius 2 is 1.60 bits per heavy atom. The second-order valence-corrected chi connectivity index (χ2v) is 12.4. The standard InChI is InChI=1S/C31H31F3N4O9/c1-10-5-7-14(13(9-10)31(32,33)34)36-29(46)37-15-8-6-12-11(2)16-18(23(40)17(12)22(15)39)26(43)30(47)20(24(16)41)21(38(3)4)25(42)19(27(30)44)28(35)45/h5-9,11,16,18-21,24,39,41,47H,1-4H3,(H2,35,45)(H2,36,37,46). The summed E-state index contributed by atoms with van der Waals surface area (Å²) >= 11 is 0. The Balaban J connectivity index is 1.54. The van der Waals surface area contributed by atoms with Crippen LogP contribution in [0.25, 0.3) is 0 Å². The van der Waals surface area contributed by atoms with Gasteiger partial charge < -0.3 is 31.7 Å². The second kappa shape index (κ2) is 11.2. The van der Waals surface area contributed by atoms with Gasteiger partial charge in [-0.25, -0.2) is 4.79 Å². The SMILES string of the molecule is Cc1ccc(NC(=O)Nc2ccc3c(c2O)C(=O)C2C(=O)C4(O)C(=O)C(C(N)=O)C(=O)C(N(C)C)C4C(O)C2C3C)c(C(F)(F)F)c1. The van der Waals surface area contributed by atoms with E-state index in [1.165, 1.54) is 51.0 Å². The van der Waals surface area contributed by atoms with Crippen LogP contribution in [0.5, 0.6) is 5.75 Å². The van der Waals surface area contributed by atoms with Gasteiger partial charge in [0, 0.05) is 5.92 Å². The molecular formula is C31H31F3N4O9. The van der Waals surface area contributed by atoms with Gasteiger partial charge in [-0.1, -0.05) is 24.6 Å². The Morgan fingerprint density at radius 3 is 2.17 bits per heavy atom. The third-order valence-corrected chi connectivity index (χ3v) is 9.47. The normalized spacial score (nSPS) is 30.4. The lowest BCUT2D eigenvalue weighted by Crippen LogP contribution is -2.77. The Hall–Kier alpha value is -4.67. The molecule has 3 aliphatic rings. The van der Waals surface area contributed by atoms with Crippen molar-refractivity contribution in [3.8, 4) is 5.75 Å². The van der Waals surface area contributed by atoms with Gasteiger partial charge in [0.1, 0.15) is 5.75 Å². The summed E-state index contributed by atoms with van der Waals surface area (Å²) in [6.45, 7) is 2.93. The molecule has 250 valence electrons. The van der Waals surface area contributed by atoms with Crippen LogP contribution in [-0.4, -0.2) is 87.1 Å². The Bertz CT molecular complexity index is 1760. The Morgan fingerprint density at radius 1 is 1.00 bits per heavy atom. The number of Topliss-reactive ketones (excluding diaryl/α,β-unsaturated/α-hetero) is 4. The summed E-state index contributed by atoms with van der Waals surface area (Å²) in [7, 11) is 2.74. The summed E-state index contributed by atoms with van der Waals surface area (Å²) < 4.78 is 40.7. The van der Waals surface area contributed by atoms with Gasteiger partial charge in [0.25, 0.3) is 0 Å². The molecule has 5 rings (SSSR count). The van der Waals surface area contributed by atoms with Crippen molar-refractivity contribution in [1.82, 2.24) is 4.90 Å². The average Bonchev–Trinajstić information content (AvgIpc) is 2.96. The number of rotatable bonds is 4. The predicted octanol–water partition coefficient (Wildman–Crippen LogP) is 1.37. The number of alkyl halides is 3. The quantitative estimate of drug-likeness (QED) is 0.205. The number of fused-ring (bicyclic) bond motifs is 3. The molecule has 3 aliphatic carbocycles. The predicted molar refractivity (Wildman–Crippen MR) is 156 cm³/mol. The minimum Gasteiger partial charge on any atom is -0.505 e. The zero-order valence-electron chi connectivity index (χ0n) is 25.4. The third-order valence-electron chi connectivity index (χ3n) is 9.47. The van der Waals surface area contributed by atoms with Crippen molar-refractivity contribution in [3.05, 3.63) is 52.6 Å². The highest BCUT2D eigenvalue weighted by Gasteiger charge is 2.72. The van der Waals surface area contributed by atoms with Crippen molar-refractivity contribution in [2.24, 2.45) is 29.4 Å². The molecule has 8 atom stereocenters. The Labute approximate surface area is 264 Å². The largest absolute Gasteiger partial charge is 0.505 e. The molecule has 7 N–H and O–H groups in total. The van der Waals surface area contributed by atoms with Crippen LogP contribution in [0.1, 0.15) is 39.9 Å². The topological polar surface area (TPSA) is 216 Å². The van der Waals surface area contributed by atoms with Crippen LogP contribution < -0.4 is 16.4 Å². The summed E-state index contributed by atoms with van der Waals surface area (Å²) in [5.74, 6) is -15.6. The molecule has 2 aromatic rings. The number of phenols is 1. The molecule has 0 aromatic heterocycles. The number of phenolic OH excluding ortho intramolecular Hbond substituents is 1. The molecule has 8 unspecified atom stereocenters. The monoisotopic (exact) mass is 660 g/mol. The number of benzene rings is 2. The molecule has 3 amide bonds. The summed E-state index contributed by atoms with van der Waals surface area (Å²) in [5.41, 5.74) is -0.142. The fraction of sp³-hybridized carbons (Fsp3) is 0.419. The summed E-state index contributed by atoms with van der Waals surface area (Å²) in [5, 5.41) is 38.7. The molecule has 0 saturated heterocycles. The molecule has 16 heteroatoms. The number of hydrogen-bond acceptors (Lipinski definition) is 10. The first kappa shape index (κ1) is 33.7. The molecule has 0 heterocycles. The lowest BCUT2D eigenvalue weighted by Gasteiger charge is -2.56. The summed E-state index contributed by atoms with van der Waals surface area (Å²) in [4.78, 5) is 80.9. The highest BCUT2D eigenvalue weighted by molar-refractivity contribution is 6.32. The van der Waals surface area contributed by atoms with Crippen molar-refractivity contribution in [1.29, 1.82) is 0 Å². The van der Waals surface area contributed by atoms with E-state index in [0.29, 0.717) is 0 Å². The molecule has 2 fully saturated rings. The minimum atomic E-state index is -4.81. The van der Waals surface area contributed by atoms with Crippen LogP contribution in [0.3, 0.4) is 0 Å². The van der Waals surface area contributed by atoms with E-state index >= 15 is 0 Å². The van der Waals surface area contributed by atoms with E-state index in [9.17, 15) is 57.3 Å². The molecular weight excluding hydrogens is 629 g/mol. The first-order valence-electron chi connectivity index (χ1n) is 14.4. The molecule has 0 spiro atoms. The number of aryl methyl sites for hydroxylation is 1. The molecule has 2 saturated carbocycles. The van der Waals surface area contributed by atoms with Crippen LogP contribution in [0.2, 0.25) is 0 Å².